The first-order valence-corrected chi connectivity index (χ1v) is 12.4. The lowest BCUT2D eigenvalue weighted by Crippen LogP contribution is -2.19. The summed E-state index contributed by atoms with van der Waals surface area (Å²) in [7, 11) is 3.36. The van der Waals surface area contributed by atoms with Crippen LogP contribution in [0.3, 0.4) is 0 Å². The van der Waals surface area contributed by atoms with Crippen LogP contribution in [0.4, 0.5) is 11.4 Å². The Labute approximate surface area is 220 Å². The molecule has 0 bridgehead atoms. The quantitative estimate of drug-likeness (QED) is 0.139. The lowest BCUT2D eigenvalue weighted by atomic mass is 10.2. The first-order chi connectivity index (χ1) is 18.3. The zero-order valence-electron chi connectivity index (χ0n) is 20.7. The monoisotopic (exact) mass is 526 g/mol. The van der Waals surface area contributed by atoms with E-state index in [0.717, 1.165) is 11.8 Å². The number of aromatic nitrogens is 4. The van der Waals surface area contributed by atoms with Crippen molar-refractivity contribution in [2.24, 2.45) is 19.1 Å². The van der Waals surface area contributed by atoms with E-state index in [9.17, 15) is 19.7 Å². The highest BCUT2D eigenvalue weighted by Gasteiger charge is 2.19. The van der Waals surface area contributed by atoms with Gasteiger partial charge in [0.05, 0.1) is 32.1 Å². The molecule has 0 aliphatic heterocycles. The Morgan fingerprint density at radius 2 is 1.68 bits per heavy atom. The number of nitro benzene ring substituents is 1. The average Bonchev–Trinajstić information content (AvgIpc) is 3.13. The molecule has 38 heavy (non-hydrogen) atoms. The molecule has 0 N–H and O–H groups in total. The molecule has 0 fully saturated rings. The lowest BCUT2D eigenvalue weighted by molar-refractivity contribution is -0.387. The van der Waals surface area contributed by atoms with E-state index in [1.54, 1.807) is 62.1 Å². The molecule has 2 heterocycles. The number of nitro groups is 1. The molecule has 190 valence electrons. The average molecular weight is 527 g/mol. The third kappa shape index (κ3) is 4.43. The summed E-state index contributed by atoms with van der Waals surface area (Å²) in [5, 5.41) is 12.7. The molecule has 2 aromatic heterocycles. The summed E-state index contributed by atoms with van der Waals surface area (Å²) < 4.78 is 4.61. The molecule has 0 unspecified atom stereocenters. The second-order valence-corrected chi connectivity index (χ2v) is 9.54. The van der Waals surface area contributed by atoms with E-state index in [1.807, 2.05) is 30.3 Å². The van der Waals surface area contributed by atoms with E-state index in [-0.39, 0.29) is 22.5 Å². The van der Waals surface area contributed by atoms with Gasteiger partial charge in [0.2, 0.25) is 0 Å². The van der Waals surface area contributed by atoms with Gasteiger partial charge in [0.25, 0.3) is 16.8 Å². The van der Waals surface area contributed by atoms with Gasteiger partial charge in [-0.05, 0) is 54.6 Å². The van der Waals surface area contributed by atoms with Crippen LogP contribution in [0, 0.1) is 17.0 Å². The summed E-state index contributed by atoms with van der Waals surface area (Å²) in [6.07, 6.45) is 1.44. The first-order valence-electron chi connectivity index (χ1n) is 11.6. The first kappa shape index (κ1) is 24.9. The highest BCUT2D eigenvalue weighted by atomic mass is 32.2. The molecule has 0 amide bonds. The molecular weight excluding hydrogens is 504 g/mol. The van der Waals surface area contributed by atoms with Crippen molar-refractivity contribution in [1.29, 1.82) is 0 Å². The number of para-hydroxylation sites is 2. The molecule has 10 nitrogen and oxygen atoms in total. The van der Waals surface area contributed by atoms with E-state index in [0.29, 0.717) is 37.9 Å². The van der Waals surface area contributed by atoms with Crippen LogP contribution < -0.4 is 11.1 Å². The van der Waals surface area contributed by atoms with E-state index in [2.05, 4.69) is 9.98 Å². The van der Waals surface area contributed by atoms with Crippen LogP contribution in [-0.2, 0) is 14.1 Å². The van der Waals surface area contributed by atoms with Crippen molar-refractivity contribution in [2.45, 2.75) is 17.0 Å². The Morgan fingerprint density at radius 1 is 0.974 bits per heavy atom. The van der Waals surface area contributed by atoms with Gasteiger partial charge < -0.3 is 0 Å². The molecule has 5 rings (SSSR count). The van der Waals surface area contributed by atoms with Gasteiger partial charge in [-0.2, -0.15) is 0 Å². The van der Waals surface area contributed by atoms with Crippen LogP contribution in [0.2, 0.25) is 0 Å². The zero-order chi connectivity index (χ0) is 27.0. The second-order valence-electron chi connectivity index (χ2n) is 8.53. The van der Waals surface area contributed by atoms with E-state index >= 15 is 0 Å². The van der Waals surface area contributed by atoms with Gasteiger partial charge in [-0.15, -0.1) is 0 Å². The Morgan fingerprint density at radius 3 is 2.42 bits per heavy atom. The molecule has 0 saturated carbocycles. The summed E-state index contributed by atoms with van der Waals surface area (Å²) in [5.41, 5.74) is 1.89. The summed E-state index contributed by atoms with van der Waals surface area (Å²) in [6, 6.07) is 20.8. The van der Waals surface area contributed by atoms with Crippen LogP contribution in [0.1, 0.15) is 11.3 Å². The van der Waals surface area contributed by atoms with Gasteiger partial charge in [-0.3, -0.25) is 29.0 Å². The minimum absolute atomic E-state index is 0.159. The molecule has 0 radical (unpaired) electrons. The number of fused-ring (bicyclic) bond motifs is 1. The van der Waals surface area contributed by atoms with Crippen LogP contribution in [0.5, 0.6) is 0 Å². The number of hydrogen-bond acceptors (Lipinski definition) is 7. The Balaban J connectivity index is 1.50. The predicted octanol–water partition coefficient (Wildman–Crippen LogP) is 4.54. The maximum Gasteiger partial charge on any atom is 0.297 e. The largest absolute Gasteiger partial charge is 0.297 e. The maximum atomic E-state index is 13.1. The topological polar surface area (TPSA) is 117 Å². The molecule has 0 spiro atoms. The summed E-state index contributed by atoms with van der Waals surface area (Å²) >= 11 is 1.04. The van der Waals surface area contributed by atoms with Crippen molar-refractivity contribution in [3.05, 3.63) is 115 Å². The highest BCUT2D eigenvalue weighted by molar-refractivity contribution is 7.99. The van der Waals surface area contributed by atoms with Gasteiger partial charge >= 0.3 is 0 Å². The fraction of sp³-hybridized carbons (Fsp3) is 0.111. The predicted molar refractivity (Wildman–Crippen MR) is 147 cm³/mol. The van der Waals surface area contributed by atoms with Gasteiger partial charge in [0.1, 0.15) is 0 Å². The maximum absolute atomic E-state index is 13.1. The molecule has 0 aliphatic rings. The minimum Gasteiger partial charge on any atom is -0.290 e. The Kier molecular flexibility index (Phi) is 6.52. The number of aliphatic imine (C=N–C) groups is 1. The fourth-order valence-corrected chi connectivity index (χ4v) is 5.01. The summed E-state index contributed by atoms with van der Waals surface area (Å²) in [4.78, 5) is 46.5. The van der Waals surface area contributed by atoms with Crippen LogP contribution in [-0.4, -0.2) is 30.1 Å². The molecule has 3 aromatic carbocycles. The Hall–Kier alpha value is -4.77. The van der Waals surface area contributed by atoms with E-state index < -0.39 is 4.92 Å². The van der Waals surface area contributed by atoms with Crippen LogP contribution >= 0.6 is 11.8 Å². The van der Waals surface area contributed by atoms with Gasteiger partial charge in [-0.1, -0.05) is 36.4 Å². The molecule has 0 atom stereocenters. The number of hydrogen-bond donors (Lipinski definition) is 0. The standard InChI is InChI=1S/C27H22N6O4S/c1-17-24(26(35)32(31(17)3)19-9-5-4-6-10-19)28-16-18-13-14-23(22(15-18)33(36)37)38-27-29-21-12-8-7-11-20(21)25(34)30(27)2/h4-16H,1-3H3. The highest BCUT2D eigenvalue weighted by Crippen LogP contribution is 2.34. The third-order valence-corrected chi connectivity index (χ3v) is 7.30. The third-order valence-electron chi connectivity index (χ3n) is 6.19. The van der Waals surface area contributed by atoms with E-state index in [4.69, 9.17) is 0 Å². The van der Waals surface area contributed by atoms with Crippen molar-refractivity contribution in [2.75, 3.05) is 0 Å². The number of benzene rings is 3. The van der Waals surface area contributed by atoms with Crippen molar-refractivity contribution in [3.8, 4) is 5.69 Å². The normalized spacial score (nSPS) is 11.4. The van der Waals surface area contributed by atoms with Crippen molar-refractivity contribution in [3.63, 3.8) is 0 Å². The zero-order valence-corrected chi connectivity index (χ0v) is 21.5. The number of nitrogens with zero attached hydrogens (tertiary/aromatic N) is 6. The molecule has 11 heteroatoms. The Bertz CT molecular complexity index is 1850. The summed E-state index contributed by atoms with van der Waals surface area (Å²) in [5.74, 6) is 0. The SMILES string of the molecule is Cc1c(N=Cc2ccc(Sc3nc4ccccc4c(=O)n3C)c([N+](=O)[O-])c2)c(=O)n(-c2ccccc2)n1C. The van der Waals surface area contributed by atoms with E-state index in [1.165, 1.54) is 21.5 Å². The van der Waals surface area contributed by atoms with Crippen molar-refractivity contribution in [1.82, 2.24) is 18.9 Å². The lowest BCUT2D eigenvalue weighted by Gasteiger charge is -2.09. The number of rotatable bonds is 6. The van der Waals surface area contributed by atoms with Gasteiger partial charge in [0.15, 0.2) is 10.8 Å². The van der Waals surface area contributed by atoms with Crippen molar-refractivity contribution < 1.29 is 4.92 Å². The van der Waals surface area contributed by atoms with Gasteiger partial charge in [0, 0.05) is 26.4 Å². The fourth-order valence-electron chi connectivity index (χ4n) is 4.07. The molecule has 5 aromatic rings. The molecule has 0 saturated heterocycles. The van der Waals surface area contributed by atoms with Crippen LogP contribution in [0.25, 0.3) is 16.6 Å². The second kappa shape index (κ2) is 9.94. The summed E-state index contributed by atoms with van der Waals surface area (Å²) in [6.45, 7) is 1.79. The smallest absolute Gasteiger partial charge is 0.290 e. The van der Waals surface area contributed by atoms with Gasteiger partial charge in [-0.25, -0.2) is 14.7 Å². The minimum atomic E-state index is -0.491. The molecule has 0 aliphatic carbocycles. The van der Waals surface area contributed by atoms with Crippen molar-refractivity contribution >= 4 is 40.3 Å². The van der Waals surface area contributed by atoms with Crippen LogP contribution in [0.15, 0.2) is 97.4 Å². The molecular formula is C27H22N6O4S.